The van der Waals surface area contributed by atoms with Crippen LogP contribution >= 0.6 is 11.6 Å². The fourth-order valence-electron chi connectivity index (χ4n) is 0.858. The number of hydrogen-bond acceptors (Lipinski definition) is 3. The second-order valence-corrected chi connectivity index (χ2v) is 2.60. The van der Waals surface area contributed by atoms with Gasteiger partial charge in [-0.2, -0.15) is 0 Å². The molecule has 0 unspecified atom stereocenters. The first kappa shape index (κ1) is 8.87. The van der Waals surface area contributed by atoms with Crippen LogP contribution in [0.1, 0.15) is 10.4 Å². The van der Waals surface area contributed by atoms with E-state index in [1.165, 1.54) is 18.2 Å². The Kier molecular flexibility index (Phi) is 2.55. The van der Waals surface area contributed by atoms with E-state index in [1.807, 2.05) is 0 Å². The second-order valence-electron chi connectivity index (χ2n) is 2.33. The monoisotopic (exact) mass is 185 g/mol. The third kappa shape index (κ3) is 1.68. The summed E-state index contributed by atoms with van der Waals surface area (Å²) in [4.78, 5) is 11.1. The Labute approximate surface area is 74.8 Å². The molecule has 1 aromatic rings. The number of phenolic OH excluding ortho intramolecular Hbond substituents is 1. The Morgan fingerprint density at radius 3 is 2.83 bits per heavy atom. The lowest BCUT2D eigenvalue weighted by atomic mass is 10.1. The molecule has 0 radical (unpaired) electrons. The van der Waals surface area contributed by atoms with Gasteiger partial charge in [0.15, 0.2) is 5.78 Å². The molecule has 0 aliphatic carbocycles. The van der Waals surface area contributed by atoms with Crippen LogP contribution < -0.4 is 5.73 Å². The lowest BCUT2D eigenvalue weighted by Gasteiger charge is -2.02. The first-order valence-corrected chi connectivity index (χ1v) is 3.86. The van der Waals surface area contributed by atoms with E-state index < -0.39 is 0 Å². The molecule has 0 spiro atoms. The number of halogens is 1. The molecule has 3 nitrogen and oxygen atoms in total. The number of rotatable bonds is 2. The van der Waals surface area contributed by atoms with Crippen molar-refractivity contribution in [2.24, 2.45) is 0 Å². The highest BCUT2D eigenvalue weighted by Crippen LogP contribution is 2.18. The number of phenols is 1. The summed E-state index contributed by atoms with van der Waals surface area (Å²) in [7, 11) is 0. The molecule has 64 valence electrons. The van der Waals surface area contributed by atoms with Gasteiger partial charge in [0.1, 0.15) is 5.75 Å². The zero-order valence-corrected chi connectivity index (χ0v) is 7.01. The lowest BCUT2D eigenvalue weighted by molar-refractivity contribution is 0.102. The molecule has 0 atom stereocenters. The van der Waals surface area contributed by atoms with Gasteiger partial charge in [-0.3, -0.25) is 4.79 Å². The molecule has 12 heavy (non-hydrogen) atoms. The number of carbonyl (C=O) groups is 1. The number of benzene rings is 1. The topological polar surface area (TPSA) is 63.3 Å². The molecule has 0 fully saturated rings. The van der Waals surface area contributed by atoms with E-state index in [9.17, 15) is 4.79 Å². The molecule has 0 heterocycles. The zero-order valence-electron chi connectivity index (χ0n) is 6.25. The van der Waals surface area contributed by atoms with E-state index in [-0.39, 0.29) is 23.0 Å². The van der Waals surface area contributed by atoms with Gasteiger partial charge in [-0.25, -0.2) is 0 Å². The van der Waals surface area contributed by atoms with E-state index in [2.05, 4.69) is 0 Å². The molecule has 0 aliphatic heterocycles. The average Bonchev–Trinajstić information content (AvgIpc) is 2.08. The molecule has 1 aromatic carbocycles. The van der Waals surface area contributed by atoms with Gasteiger partial charge >= 0.3 is 0 Å². The number of anilines is 1. The summed E-state index contributed by atoms with van der Waals surface area (Å²) in [6.07, 6.45) is 0. The van der Waals surface area contributed by atoms with Crippen LogP contribution in [0, 0.1) is 0 Å². The molecule has 0 aliphatic rings. The maximum Gasteiger partial charge on any atom is 0.179 e. The number of ketones is 1. The number of nitrogen functional groups attached to an aromatic ring is 1. The van der Waals surface area contributed by atoms with Crippen molar-refractivity contribution in [2.75, 3.05) is 11.6 Å². The average molecular weight is 186 g/mol. The van der Waals surface area contributed by atoms with Gasteiger partial charge in [0.25, 0.3) is 0 Å². The normalized spacial score (nSPS) is 9.75. The van der Waals surface area contributed by atoms with Crippen LogP contribution in [0.5, 0.6) is 5.75 Å². The highest BCUT2D eigenvalue weighted by Gasteiger charge is 2.08. The summed E-state index contributed by atoms with van der Waals surface area (Å²) in [6.45, 7) is 0. The molecule has 3 N–H and O–H groups in total. The van der Waals surface area contributed by atoms with Crippen LogP contribution in [0.2, 0.25) is 0 Å². The van der Waals surface area contributed by atoms with Crippen molar-refractivity contribution < 1.29 is 9.90 Å². The zero-order chi connectivity index (χ0) is 9.14. The van der Waals surface area contributed by atoms with Crippen LogP contribution in [-0.2, 0) is 0 Å². The van der Waals surface area contributed by atoms with Crippen LogP contribution in [0.15, 0.2) is 18.2 Å². The summed E-state index contributed by atoms with van der Waals surface area (Å²) in [6, 6.07) is 4.19. The van der Waals surface area contributed by atoms with Gasteiger partial charge in [-0.1, -0.05) is 0 Å². The Hall–Kier alpha value is -1.22. The van der Waals surface area contributed by atoms with Crippen molar-refractivity contribution in [1.29, 1.82) is 0 Å². The van der Waals surface area contributed by atoms with Gasteiger partial charge < -0.3 is 10.8 Å². The molecule has 0 saturated carbocycles. The summed E-state index contributed by atoms with van der Waals surface area (Å²) in [5.74, 6) is -0.407. The summed E-state index contributed by atoms with van der Waals surface area (Å²) < 4.78 is 0. The van der Waals surface area contributed by atoms with E-state index in [0.717, 1.165) is 0 Å². The first-order valence-electron chi connectivity index (χ1n) is 3.33. The van der Waals surface area contributed by atoms with E-state index in [0.29, 0.717) is 5.69 Å². The maximum atomic E-state index is 11.1. The number of alkyl halides is 1. The molecule has 4 heteroatoms. The van der Waals surface area contributed by atoms with Crippen LogP contribution in [-0.4, -0.2) is 16.8 Å². The highest BCUT2D eigenvalue weighted by atomic mass is 35.5. The van der Waals surface area contributed by atoms with E-state index >= 15 is 0 Å². The number of aromatic hydroxyl groups is 1. The predicted octanol–water partition coefficient (Wildman–Crippen LogP) is 1.40. The van der Waals surface area contributed by atoms with Gasteiger partial charge in [0.05, 0.1) is 5.88 Å². The van der Waals surface area contributed by atoms with Crippen LogP contribution in [0.3, 0.4) is 0 Å². The molecular formula is C8H8ClNO2. The molecule has 0 amide bonds. The largest absolute Gasteiger partial charge is 0.508 e. The number of carbonyl (C=O) groups excluding carboxylic acids is 1. The quantitative estimate of drug-likeness (QED) is 0.317. The Balaban J connectivity index is 3.13. The van der Waals surface area contributed by atoms with Crippen LogP contribution in [0.4, 0.5) is 5.69 Å². The van der Waals surface area contributed by atoms with E-state index in [4.69, 9.17) is 22.4 Å². The highest BCUT2D eigenvalue weighted by molar-refractivity contribution is 6.31. The third-order valence-corrected chi connectivity index (χ3v) is 1.70. The Bertz CT molecular complexity index is 312. The third-order valence-electron chi connectivity index (χ3n) is 1.46. The summed E-state index contributed by atoms with van der Waals surface area (Å²) in [5, 5.41) is 9.03. The molecule has 0 aromatic heterocycles. The second kappa shape index (κ2) is 3.45. The van der Waals surface area contributed by atoms with Gasteiger partial charge in [0.2, 0.25) is 0 Å². The standard InChI is InChI=1S/C8H8ClNO2/c9-4-8(12)6-3-5(11)1-2-7(6)10/h1-3,11H,4,10H2. The predicted molar refractivity (Wildman–Crippen MR) is 47.6 cm³/mol. The summed E-state index contributed by atoms with van der Waals surface area (Å²) in [5.41, 5.74) is 6.08. The lowest BCUT2D eigenvalue weighted by Crippen LogP contribution is -2.04. The van der Waals surface area contributed by atoms with Crippen molar-refractivity contribution in [3.8, 4) is 5.75 Å². The SMILES string of the molecule is Nc1ccc(O)cc1C(=O)CCl. The van der Waals surface area contributed by atoms with Crippen molar-refractivity contribution in [1.82, 2.24) is 0 Å². The minimum absolute atomic E-state index is 0.0117. The molecule has 1 rings (SSSR count). The van der Waals surface area contributed by atoms with E-state index in [1.54, 1.807) is 0 Å². The van der Waals surface area contributed by atoms with Crippen molar-refractivity contribution in [3.63, 3.8) is 0 Å². The number of nitrogens with two attached hydrogens (primary N) is 1. The van der Waals surface area contributed by atoms with Gasteiger partial charge in [-0.15, -0.1) is 11.6 Å². The van der Waals surface area contributed by atoms with Crippen LogP contribution in [0.25, 0.3) is 0 Å². The fourth-order valence-corrected chi connectivity index (χ4v) is 1.00. The Morgan fingerprint density at radius 1 is 1.58 bits per heavy atom. The van der Waals surface area contributed by atoms with Crippen molar-refractivity contribution >= 4 is 23.1 Å². The minimum Gasteiger partial charge on any atom is -0.508 e. The smallest absolute Gasteiger partial charge is 0.179 e. The summed E-state index contributed by atoms with van der Waals surface area (Å²) >= 11 is 5.32. The maximum absolute atomic E-state index is 11.1. The van der Waals surface area contributed by atoms with Gasteiger partial charge in [-0.05, 0) is 18.2 Å². The number of hydrogen-bond donors (Lipinski definition) is 2. The molecular weight excluding hydrogens is 178 g/mol. The first-order chi connectivity index (χ1) is 5.65. The minimum atomic E-state index is -0.287. The Morgan fingerprint density at radius 2 is 2.25 bits per heavy atom. The van der Waals surface area contributed by atoms with Gasteiger partial charge in [0, 0.05) is 11.3 Å². The van der Waals surface area contributed by atoms with Crippen molar-refractivity contribution in [3.05, 3.63) is 23.8 Å². The molecule has 0 bridgehead atoms. The number of Topliss-reactive ketones (excluding diaryl/α,β-unsaturated/α-hetero) is 1. The van der Waals surface area contributed by atoms with Crippen molar-refractivity contribution in [2.45, 2.75) is 0 Å². The molecule has 0 saturated heterocycles. The fraction of sp³-hybridized carbons (Fsp3) is 0.125.